The van der Waals surface area contributed by atoms with Gasteiger partial charge >= 0.3 is 0 Å². The number of hydrogen-bond donors (Lipinski definition) is 0. The van der Waals surface area contributed by atoms with E-state index in [4.69, 9.17) is 10.00 Å². The highest BCUT2D eigenvalue weighted by Gasteiger charge is 2.10. The lowest BCUT2D eigenvalue weighted by atomic mass is 10.1. The van der Waals surface area contributed by atoms with Crippen molar-refractivity contribution in [3.8, 4) is 11.8 Å². The summed E-state index contributed by atoms with van der Waals surface area (Å²) in [5.41, 5.74) is 3.83. The molecule has 4 heteroatoms. The van der Waals surface area contributed by atoms with Crippen molar-refractivity contribution in [2.75, 3.05) is 13.7 Å². The molecule has 124 valence electrons. The zero-order chi connectivity index (χ0) is 17.5. The van der Waals surface area contributed by atoms with Crippen molar-refractivity contribution in [2.24, 2.45) is 0 Å². The Morgan fingerprint density at radius 3 is 2.71 bits per heavy atom. The summed E-state index contributed by atoms with van der Waals surface area (Å²) >= 11 is 0. The van der Waals surface area contributed by atoms with E-state index in [-0.39, 0.29) is 5.91 Å². The molecule has 0 saturated heterocycles. The summed E-state index contributed by atoms with van der Waals surface area (Å²) < 4.78 is 5.73. The highest BCUT2D eigenvalue weighted by atomic mass is 16.5. The highest BCUT2D eigenvalue weighted by Crippen LogP contribution is 2.20. The average molecular weight is 322 g/mol. The van der Waals surface area contributed by atoms with Gasteiger partial charge in [0.15, 0.2) is 0 Å². The summed E-state index contributed by atoms with van der Waals surface area (Å²) in [6.45, 7) is 4.89. The van der Waals surface area contributed by atoms with Crippen LogP contribution in [0.4, 0.5) is 0 Å². The van der Waals surface area contributed by atoms with Crippen molar-refractivity contribution in [3.05, 3.63) is 64.7 Å². The monoisotopic (exact) mass is 322 g/mol. The normalized spacial score (nSPS) is 10.1. The van der Waals surface area contributed by atoms with Gasteiger partial charge in [0, 0.05) is 13.6 Å². The first-order valence-electron chi connectivity index (χ1n) is 7.93. The van der Waals surface area contributed by atoms with E-state index in [2.05, 4.69) is 6.07 Å². The average Bonchev–Trinajstić information content (AvgIpc) is 2.58. The van der Waals surface area contributed by atoms with Gasteiger partial charge in [-0.3, -0.25) is 4.79 Å². The summed E-state index contributed by atoms with van der Waals surface area (Å²) in [5, 5.41) is 8.92. The van der Waals surface area contributed by atoms with Crippen LogP contribution < -0.4 is 4.74 Å². The molecule has 0 aliphatic rings. The van der Waals surface area contributed by atoms with Gasteiger partial charge in [-0.2, -0.15) is 5.26 Å². The van der Waals surface area contributed by atoms with E-state index in [9.17, 15) is 4.79 Å². The van der Waals surface area contributed by atoms with Crippen molar-refractivity contribution in [2.45, 2.75) is 26.8 Å². The minimum absolute atomic E-state index is 0.0164. The fraction of sp³-hybridized carbons (Fsp3) is 0.300. The molecule has 0 aliphatic carbocycles. The van der Waals surface area contributed by atoms with E-state index < -0.39 is 0 Å². The van der Waals surface area contributed by atoms with Crippen LogP contribution in [0.1, 0.15) is 28.7 Å². The van der Waals surface area contributed by atoms with Gasteiger partial charge in [-0.25, -0.2) is 0 Å². The number of benzene rings is 2. The maximum atomic E-state index is 12.2. The SMILES string of the molecule is Cc1cccc(OCCC(=O)N(C)Cc2cccc(C#N)c2)c1C. The summed E-state index contributed by atoms with van der Waals surface area (Å²) in [7, 11) is 1.76. The lowest BCUT2D eigenvalue weighted by Gasteiger charge is -2.18. The molecule has 2 rings (SSSR count). The molecule has 2 aromatic rings. The van der Waals surface area contributed by atoms with Gasteiger partial charge in [0.2, 0.25) is 5.91 Å². The summed E-state index contributed by atoms with van der Waals surface area (Å²) in [6.07, 6.45) is 0.321. The fourth-order valence-corrected chi connectivity index (χ4v) is 2.42. The minimum Gasteiger partial charge on any atom is -0.493 e. The molecule has 24 heavy (non-hydrogen) atoms. The molecule has 4 nitrogen and oxygen atoms in total. The fourth-order valence-electron chi connectivity index (χ4n) is 2.42. The molecule has 0 aromatic heterocycles. The molecular weight excluding hydrogens is 300 g/mol. The lowest BCUT2D eigenvalue weighted by Crippen LogP contribution is -2.27. The Morgan fingerprint density at radius 2 is 1.96 bits per heavy atom. The van der Waals surface area contributed by atoms with Gasteiger partial charge in [-0.05, 0) is 48.7 Å². The molecule has 0 spiro atoms. The minimum atomic E-state index is 0.0164. The Balaban J connectivity index is 1.85. The van der Waals surface area contributed by atoms with E-state index in [1.807, 2.05) is 44.2 Å². The number of nitrogens with zero attached hydrogens (tertiary/aromatic N) is 2. The molecule has 2 aromatic carbocycles. The molecule has 0 radical (unpaired) electrons. The zero-order valence-corrected chi connectivity index (χ0v) is 14.4. The smallest absolute Gasteiger partial charge is 0.226 e. The van der Waals surface area contributed by atoms with Gasteiger partial charge in [0.05, 0.1) is 24.7 Å². The zero-order valence-electron chi connectivity index (χ0n) is 14.4. The molecule has 0 fully saturated rings. The number of amides is 1. The van der Waals surface area contributed by atoms with Crippen LogP contribution in [0.5, 0.6) is 5.75 Å². The molecule has 0 aliphatic heterocycles. The molecule has 0 unspecified atom stereocenters. The molecule has 0 atom stereocenters. The maximum Gasteiger partial charge on any atom is 0.226 e. The Bertz CT molecular complexity index is 762. The number of hydrogen-bond acceptors (Lipinski definition) is 3. The van der Waals surface area contributed by atoms with E-state index in [1.54, 1.807) is 24.1 Å². The Labute approximate surface area is 143 Å². The number of carbonyl (C=O) groups is 1. The van der Waals surface area contributed by atoms with Crippen molar-refractivity contribution in [1.82, 2.24) is 4.90 Å². The predicted molar refractivity (Wildman–Crippen MR) is 93.7 cm³/mol. The molecular formula is C20H22N2O2. The topological polar surface area (TPSA) is 53.3 Å². The predicted octanol–water partition coefficient (Wildman–Crippen LogP) is 3.60. The number of aryl methyl sites for hydroxylation is 1. The number of ether oxygens (including phenoxy) is 1. The van der Waals surface area contributed by atoms with E-state index in [1.165, 1.54) is 5.56 Å². The van der Waals surface area contributed by atoms with Crippen LogP contribution in [0.2, 0.25) is 0 Å². The van der Waals surface area contributed by atoms with Crippen LogP contribution in [0, 0.1) is 25.2 Å². The van der Waals surface area contributed by atoms with Crippen molar-refractivity contribution in [3.63, 3.8) is 0 Å². The van der Waals surface area contributed by atoms with Crippen molar-refractivity contribution >= 4 is 5.91 Å². The molecule has 0 saturated carbocycles. The maximum absolute atomic E-state index is 12.2. The molecule has 0 heterocycles. The first kappa shape index (κ1) is 17.6. The van der Waals surface area contributed by atoms with Crippen molar-refractivity contribution in [1.29, 1.82) is 5.26 Å². The summed E-state index contributed by atoms with van der Waals surface area (Å²) in [6, 6.07) is 15.3. The van der Waals surface area contributed by atoms with E-state index in [0.29, 0.717) is 25.1 Å². The third kappa shape index (κ3) is 4.60. The van der Waals surface area contributed by atoms with Crippen molar-refractivity contribution < 1.29 is 9.53 Å². The van der Waals surface area contributed by atoms with Gasteiger partial charge in [0.1, 0.15) is 5.75 Å². The Hall–Kier alpha value is -2.80. The summed E-state index contributed by atoms with van der Waals surface area (Å²) in [4.78, 5) is 13.9. The second-order valence-electron chi connectivity index (χ2n) is 5.86. The van der Waals surface area contributed by atoms with Gasteiger partial charge in [-0.1, -0.05) is 24.3 Å². The number of carbonyl (C=O) groups excluding carboxylic acids is 1. The first-order chi connectivity index (χ1) is 11.5. The van der Waals surface area contributed by atoms with Gasteiger partial charge in [0.25, 0.3) is 0 Å². The Kier molecular flexibility index (Phi) is 5.97. The van der Waals surface area contributed by atoms with Gasteiger partial charge < -0.3 is 9.64 Å². The molecule has 0 N–H and O–H groups in total. The molecule has 0 bridgehead atoms. The highest BCUT2D eigenvalue weighted by molar-refractivity contribution is 5.76. The quantitative estimate of drug-likeness (QED) is 0.816. The molecule has 1 amide bonds. The van der Waals surface area contributed by atoms with Crippen LogP contribution >= 0.6 is 0 Å². The van der Waals surface area contributed by atoms with E-state index >= 15 is 0 Å². The van der Waals surface area contributed by atoms with Crippen LogP contribution in [-0.4, -0.2) is 24.5 Å². The largest absolute Gasteiger partial charge is 0.493 e. The van der Waals surface area contributed by atoms with Crippen LogP contribution in [0.3, 0.4) is 0 Å². The van der Waals surface area contributed by atoms with Gasteiger partial charge in [-0.15, -0.1) is 0 Å². The third-order valence-electron chi connectivity index (χ3n) is 4.03. The van der Waals surface area contributed by atoms with Crippen LogP contribution in [-0.2, 0) is 11.3 Å². The second-order valence-corrected chi connectivity index (χ2v) is 5.86. The standard InChI is InChI=1S/C20H22N2O2/c1-15-6-4-9-19(16(15)2)24-11-10-20(23)22(3)14-18-8-5-7-17(12-18)13-21/h4-9,12H,10-11,14H2,1-3H3. The third-order valence-corrected chi connectivity index (χ3v) is 4.03. The lowest BCUT2D eigenvalue weighted by molar-refractivity contribution is -0.130. The van der Waals surface area contributed by atoms with E-state index in [0.717, 1.165) is 16.9 Å². The van der Waals surface area contributed by atoms with Crippen LogP contribution in [0.25, 0.3) is 0 Å². The Morgan fingerprint density at radius 1 is 1.21 bits per heavy atom. The van der Waals surface area contributed by atoms with Crippen LogP contribution in [0.15, 0.2) is 42.5 Å². The number of nitriles is 1. The first-order valence-corrected chi connectivity index (χ1v) is 7.93. The number of rotatable bonds is 6. The summed E-state index contributed by atoms with van der Waals surface area (Å²) in [5.74, 6) is 0.842. The second kappa shape index (κ2) is 8.16.